The number of nitrogens with one attached hydrogen (secondary N) is 2. The Morgan fingerprint density at radius 3 is 2.52 bits per heavy atom. The van der Waals surface area contributed by atoms with Crippen molar-refractivity contribution in [1.82, 2.24) is 10.4 Å². The first-order valence-electron chi connectivity index (χ1n) is 9.73. The van der Waals surface area contributed by atoms with Gasteiger partial charge in [0.15, 0.2) is 6.61 Å². The molecule has 1 fully saturated rings. The second-order valence-corrected chi connectivity index (χ2v) is 7.01. The summed E-state index contributed by atoms with van der Waals surface area (Å²) in [7, 11) is 1.45. The number of benzene rings is 2. The van der Waals surface area contributed by atoms with Crippen molar-refractivity contribution in [3.63, 3.8) is 0 Å². The van der Waals surface area contributed by atoms with E-state index in [0.29, 0.717) is 11.4 Å². The zero-order chi connectivity index (χ0) is 24.0. The van der Waals surface area contributed by atoms with Crippen LogP contribution < -0.4 is 15.5 Å². The summed E-state index contributed by atoms with van der Waals surface area (Å²) >= 11 is 0. The molecule has 2 aromatic rings. The molecule has 1 atom stereocenters. The maximum atomic E-state index is 12.3. The largest absolute Gasteiger partial charge is 0.495 e. The van der Waals surface area contributed by atoms with Crippen molar-refractivity contribution < 1.29 is 33.6 Å². The fourth-order valence-electron chi connectivity index (χ4n) is 3.08. The summed E-state index contributed by atoms with van der Waals surface area (Å²) in [5, 5.41) is 14.2. The molecule has 0 unspecified atom stereocenters. The van der Waals surface area contributed by atoms with Crippen LogP contribution in [-0.4, -0.2) is 53.9 Å². The third-order valence-corrected chi connectivity index (χ3v) is 4.76. The van der Waals surface area contributed by atoms with Gasteiger partial charge in [0.05, 0.1) is 30.2 Å². The van der Waals surface area contributed by atoms with Crippen molar-refractivity contribution in [3.05, 3.63) is 64.2 Å². The van der Waals surface area contributed by atoms with E-state index in [1.165, 1.54) is 19.2 Å². The molecule has 0 saturated carbocycles. The lowest BCUT2D eigenvalue weighted by Gasteiger charge is -2.17. The first-order valence-corrected chi connectivity index (χ1v) is 9.73. The Bertz CT molecular complexity index is 1090. The number of nitrogens with zero attached hydrogens (tertiary/aromatic N) is 2. The second kappa shape index (κ2) is 10.2. The van der Waals surface area contributed by atoms with Crippen LogP contribution in [0.15, 0.2) is 48.5 Å². The lowest BCUT2D eigenvalue weighted by atomic mass is 10.1. The van der Waals surface area contributed by atoms with E-state index in [9.17, 15) is 29.3 Å². The van der Waals surface area contributed by atoms with Crippen LogP contribution in [0.1, 0.15) is 16.8 Å². The molecule has 0 aromatic heterocycles. The molecule has 1 heterocycles. The Morgan fingerprint density at radius 2 is 1.85 bits per heavy atom. The van der Waals surface area contributed by atoms with Crippen LogP contribution >= 0.6 is 0 Å². The summed E-state index contributed by atoms with van der Waals surface area (Å²) in [5.41, 5.74) is 2.70. The number of ether oxygens (including phenoxy) is 2. The fraction of sp³-hybridized carbons (Fsp3) is 0.238. The number of hydrogen-bond acceptors (Lipinski definition) is 8. The zero-order valence-electron chi connectivity index (χ0n) is 17.5. The van der Waals surface area contributed by atoms with E-state index < -0.39 is 41.1 Å². The summed E-state index contributed by atoms with van der Waals surface area (Å²) in [4.78, 5) is 58.9. The van der Waals surface area contributed by atoms with Gasteiger partial charge in [0.25, 0.3) is 17.5 Å². The van der Waals surface area contributed by atoms with E-state index in [1.54, 1.807) is 24.3 Å². The summed E-state index contributed by atoms with van der Waals surface area (Å²) < 4.78 is 10.1. The van der Waals surface area contributed by atoms with Gasteiger partial charge in [-0.3, -0.25) is 39.7 Å². The number of carbonyl (C=O) groups is 4. The SMILES string of the molecule is COc1ccccc1NC(=O)COC(=O)[C@@H]1CC(=O)N(NC(=O)c2ccc([N+](=O)[O-])cc2)C1. The third kappa shape index (κ3) is 5.81. The van der Waals surface area contributed by atoms with Gasteiger partial charge in [-0.2, -0.15) is 0 Å². The second-order valence-electron chi connectivity index (χ2n) is 7.01. The normalized spacial score (nSPS) is 15.0. The number of para-hydroxylation sites is 2. The number of amides is 3. The topological polar surface area (TPSA) is 157 Å². The summed E-state index contributed by atoms with van der Waals surface area (Å²) in [5.74, 6) is -2.94. The van der Waals surface area contributed by atoms with E-state index >= 15 is 0 Å². The van der Waals surface area contributed by atoms with Gasteiger partial charge in [-0.15, -0.1) is 0 Å². The number of anilines is 1. The number of methoxy groups -OCH3 is 1. The quantitative estimate of drug-likeness (QED) is 0.342. The average molecular weight is 456 g/mol. The van der Waals surface area contributed by atoms with Crippen molar-refractivity contribution in [1.29, 1.82) is 0 Å². The Balaban J connectivity index is 1.49. The van der Waals surface area contributed by atoms with Gasteiger partial charge in [0, 0.05) is 24.1 Å². The molecule has 2 N–H and O–H groups in total. The van der Waals surface area contributed by atoms with Gasteiger partial charge in [-0.05, 0) is 24.3 Å². The van der Waals surface area contributed by atoms with Crippen LogP contribution in [0, 0.1) is 16.0 Å². The molecule has 0 radical (unpaired) electrons. The number of esters is 1. The van der Waals surface area contributed by atoms with E-state index in [2.05, 4.69) is 10.7 Å². The standard InChI is InChI=1S/C21H20N4O8/c1-32-17-5-3-2-4-16(17)22-18(26)12-33-21(29)14-10-19(27)24(11-14)23-20(28)13-6-8-15(9-7-13)25(30)31/h2-9,14H,10-12H2,1H3,(H,22,26)(H,23,28)/t14-/m1/s1. The molecule has 33 heavy (non-hydrogen) atoms. The first-order chi connectivity index (χ1) is 15.8. The minimum atomic E-state index is -0.867. The summed E-state index contributed by atoms with van der Waals surface area (Å²) in [6.45, 7) is -0.693. The monoisotopic (exact) mass is 456 g/mol. The van der Waals surface area contributed by atoms with Crippen molar-refractivity contribution >= 4 is 35.1 Å². The number of non-ortho nitro benzene ring substituents is 1. The van der Waals surface area contributed by atoms with Crippen LogP contribution in [-0.2, 0) is 19.1 Å². The molecule has 3 rings (SSSR count). The van der Waals surface area contributed by atoms with Crippen LogP contribution in [0.3, 0.4) is 0 Å². The van der Waals surface area contributed by atoms with Gasteiger partial charge in [-0.1, -0.05) is 12.1 Å². The minimum Gasteiger partial charge on any atom is -0.495 e. The smallest absolute Gasteiger partial charge is 0.311 e. The zero-order valence-corrected chi connectivity index (χ0v) is 17.5. The Kier molecular flexibility index (Phi) is 7.18. The molecule has 0 bridgehead atoms. The number of rotatable bonds is 8. The van der Waals surface area contributed by atoms with E-state index in [-0.39, 0.29) is 24.2 Å². The molecule has 0 spiro atoms. The highest BCUT2D eigenvalue weighted by atomic mass is 16.6. The summed E-state index contributed by atoms with van der Waals surface area (Å²) in [6, 6.07) is 11.5. The molecule has 1 aliphatic heterocycles. The van der Waals surface area contributed by atoms with Crippen LogP contribution in [0.25, 0.3) is 0 Å². The van der Waals surface area contributed by atoms with Crippen molar-refractivity contribution in [2.45, 2.75) is 6.42 Å². The van der Waals surface area contributed by atoms with Crippen LogP contribution in [0.5, 0.6) is 5.75 Å². The van der Waals surface area contributed by atoms with Gasteiger partial charge in [-0.25, -0.2) is 0 Å². The highest BCUT2D eigenvalue weighted by Crippen LogP contribution is 2.23. The molecule has 12 nitrogen and oxygen atoms in total. The van der Waals surface area contributed by atoms with E-state index in [1.807, 2.05) is 0 Å². The maximum absolute atomic E-state index is 12.3. The number of nitro benzene ring substituents is 1. The van der Waals surface area contributed by atoms with Gasteiger partial charge in [0.1, 0.15) is 5.75 Å². The average Bonchev–Trinajstić information content (AvgIpc) is 3.18. The molecule has 12 heteroatoms. The van der Waals surface area contributed by atoms with Crippen molar-refractivity contribution in [2.75, 3.05) is 25.6 Å². The number of nitro groups is 1. The van der Waals surface area contributed by atoms with Crippen molar-refractivity contribution in [3.8, 4) is 5.75 Å². The predicted molar refractivity (Wildman–Crippen MR) is 113 cm³/mol. The van der Waals surface area contributed by atoms with Crippen LogP contribution in [0.2, 0.25) is 0 Å². The predicted octanol–water partition coefficient (Wildman–Crippen LogP) is 1.28. The number of hydrazine groups is 1. The van der Waals surface area contributed by atoms with Crippen molar-refractivity contribution in [2.24, 2.45) is 5.92 Å². The lowest BCUT2D eigenvalue weighted by Crippen LogP contribution is -2.43. The van der Waals surface area contributed by atoms with Gasteiger partial charge < -0.3 is 14.8 Å². The Labute approximate surface area is 187 Å². The molecular formula is C21H20N4O8. The molecule has 0 aliphatic carbocycles. The number of carbonyl (C=O) groups excluding carboxylic acids is 4. The van der Waals surface area contributed by atoms with Crippen LogP contribution in [0.4, 0.5) is 11.4 Å². The highest BCUT2D eigenvalue weighted by molar-refractivity contribution is 5.97. The third-order valence-electron chi connectivity index (χ3n) is 4.76. The Hall–Kier alpha value is -4.48. The van der Waals surface area contributed by atoms with E-state index in [0.717, 1.165) is 17.1 Å². The number of hydrogen-bond donors (Lipinski definition) is 2. The highest BCUT2D eigenvalue weighted by Gasteiger charge is 2.36. The molecule has 1 aliphatic rings. The molecule has 172 valence electrons. The first kappa shape index (κ1) is 23.2. The molecule has 3 amide bonds. The van der Waals surface area contributed by atoms with Gasteiger partial charge >= 0.3 is 5.97 Å². The lowest BCUT2D eigenvalue weighted by molar-refractivity contribution is -0.384. The molecular weight excluding hydrogens is 436 g/mol. The maximum Gasteiger partial charge on any atom is 0.311 e. The fourth-order valence-corrected chi connectivity index (χ4v) is 3.08. The Morgan fingerprint density at radius 1 is 1.15 bits per heavy atom. The van der Waals surface area contributed by atoms with E-state index in [4.69, 9.17) is 9.47 Å². The minimum absolute atomic E-state index is 0.104. The molecule has 1 saturated heterocycles. The van der Waals surface area contributed by atoms with Gasteiger partial charge in [0.2, 0.25) is 5.91 Å². The molecule has 2 aromatic carbocycles. The summed E-state index contributed by atoms with van der Waals surface area (Å²) in [6.07, 6.45) is -0.201.